The standard InChI is InChI=1S/C105H105F9O9/c1-10-19-46-115-94-79-70-55-64(31-28-61-34-40-67(41-35-61)103(106,107)108)56-71-76(70)85-91-86-77-72(80(88(79)91)95(116-47-20-11-2)100(94)121-52-25-16-7)57-65(32-29-62-36-42-68(43-37-62)104(109,110)111)58-73(77)82-90-84(99(120-51-24-15-6)102(123-54-27-18-9)97(82)118-49-22-13-4)75-60-66(33-30-63-38-44-69(45-39-63)105(112,113)114)59-74-78(75)87(93(86)90)92(85)89-81(71)96(117-48-21-12-3)101(122-53-26-17-8)98(83(74)89)119-50-23-14-5/h28-45,55-60H,10-27,46-54H2,1-9H3/b31-28+,32-29+,33-30+. The van der Waals surface area contributed by atoms with Gasteiger partial charge in [-0.15, -0.1) is 0 Å². The van der Waals surface area contributed by atoms with E-state index in [2.05, 4.69) is 98.7 Å². The zero-order valence-electron chi connectivity index (χ0n) is 71.5. The van der Waals surface area contributed by atoms with E-state index in [1.165, 1.54) is 36.4 Å². The molecule has 16 aromatic carbocycles. The highest BCUT2D eigenvalue weighted by Crippen LogP contribution is 2.68. The van der Waals surface area contributed by atoms with Crippen LogP contribution in [0.15, 0.2) is 109 Å². The lowest BCUT2D eigenvalue weighted by Crippen LogP contribution is -2.10. The van der Waals surface area contributed by atoms with Crippen molar-refractivity contribution in [1.82, 2.24) is 0 Å². The minimum Gasteiger partial charge on any atom is -0.489 e. The van der Waals surface area contributed by atoms with Crippen LogP contribution in [0.3, 0.4) is 0 Å². The van der Waals surface area contributed by atoms with Crippen LogP contribution < -0.4 is 42.6 Å². The summed E-state index contributed by atoms with van der Waals surface area (Å²) in [5.74, 6) is 4.11. The third-order valence-electron chi connectivity index (χ3n) is 24.0. The Bertz CT molecular complexity index is 5630. The van der Waals surface area contributed by atoms with E-state index in [-0.39, 0.29) is 59.5 Å². The fraction of sp³-hybridized carbons (Fsp3) is 0.371. The fourth-order valence-corrected chi connectivity index (χ4v) is 17.9. The number of hydrogen-bond donors (Lipinski definition) is 0. The Kier molecular flexibility index (Phi) is 25.1. The monoisotopic (exact) mass is 1680 g/mol. The van der Waals surface area contributed by atoms with Crippen molar-refractivity contribution >= 4 is 166 Å². The van der Waals surface area contributed by atoms with Crippen molar-refractivity contribution < 1.29 is 82.1 Å². The third kappa shape index (κ3) is 15.8. The number of unbranched alkanes of at least 4 members (excludes halogenated alkanes) is 9. The van der Waals surface area contributed by atoms with Gasteiger partial charge in [-0.25, -0.2) is 0 Å². The highest BCUT2D eigenvalue weighted by molar-refractivity contribution is 6.62. The van der Waals surface area contributed by atoms with Crippen molar-refractivity contribution in [2.45, 2.75) is 196 Å². The summed E-state index contributed by atoms with van der Waals surface area (Å²) in [7, 11) is 0. The van der Waals surface area contributed by atoms with Crippen LogP contribution in [0.2, 0.25) is 0 Å². The summed E-state index contributed by atoms with van der Waals surface area (Å²) in [4.78, 5) is 0. The number of fused-ring (bicyclic) bond motifs is 6. The van der Waals surface area contributed by atoms with E-state index in [0.717, 1.165) is 223 Å². The molecule has 0 heterocycles. The van der Waals surface area contributed by atoms with Crippen LogP contribution in [-0.4, -0.2) is 59.5 Å². The molecule has 0 saturated carbocycles. The van der Waals surface area contributed by atoms with Gasteiger partial charge in [0.25, 0.3) is 0 Å². The average Bonchev–Trinajstić information content (AvgIpc) is 0.634. The maximum absolute atomic E-state index is 14.4. The molecule has 0 bridgehead atoms. The van der Waals surface area contributed by atoms with Gasteiger partial charge in [-0.1, -0.05) is 193 Å². The van der Waals surface area contributed by atoms with E-state index in [9.17, 15) is 39.5 Å². The van der Waals surface area contributed by atoms with Gasteiger partial charge in [0.05, 0.1) is 76.2 Å². The van der Waals surface area contributed by atoms with E-state index in [0.29, 0.717) is 143 Å². The van der Waals surface area contributed by atoms with Crippen molar-refractivity contribution in [1.29, 1.82) is 0 Å². The van der Waals surface area contributed by atoms with Gasteiger partial charge in [0.2, 0.25) is 17.2 Å². The Morgan fingerprint density at radius 3 is 0.496 bits per heavy atom. The Morgan fingerprint density at radius 1 is 0.187 bits per heavy atom. The van der Waals surface area contributed by atoms with Crippen LogP contribution in [-0.2, 0) is 18.5 Å². The minimum atomic E-state index is -4.57. The van der Waals surface area contributed by atoms with Crippen molar-refractivity contribution in [3.05, 3.63) is 159 Å². The van der Waals surface area contributed by atoms with Crippen LogP contribution in [0.5, 0.6) is 51.7 Å². The van der Waals surface area contributed by atoms with Crippen LogP contribution in [0.1, 0.15) is 228 Å². The Labute approximate surface area is 711 Å². The second kappa shape index (κ2) is 36.1. The Balaban J connectivity index is 1.26. The van der Waals surface area contributed by atoms with Crippen molar-refractivity contribution in [3.63, 3.8) is 0 Å². The number of benzene rings is 16. The molecule has 0 fully saturated rings. The number of halogens is 9. The lowest BCUT2D eigenvalue weighted by atomic mass is 9.72. The van der Waals surface area contributed by atoms with Gasteiger partial charge in [0.15, 0.2) is 34.5 Å². The lowest BCUT2D eigenvalue weighted by molar-refractivity contribution is -0.138. The molecule has 0 amide bonds. The lowest BCUT2D eigenvalue weighted by Gasteiger charge is -2.33. The summed E-state index contributed by atoms with van der Waals surface area (Å²) in [6, 6.07) is 28.5. The van der Waals surface area contributed by atoms with Crippen LogP contribution in [0.25, 0.3) is 166 Å². The molecule has 9 nitrogen and oxygen atoms in total. The van der Waals surface area contributed by atoms with Gasteiger partial charge >= 0.3 is 18.5 Å². The van der Waals surface area contributed by atoms with E-state index < -0.39 is 35.2 Å². The van der Waals surface area contributed by atoms with Crippen molar-refractivity contribution in [3.8, 4) is 51.7 Å². The first-order valence-corrected chi connectivity index (χ1v) is 44.4. The van der Waals surface area contributed by atoms with Crippen molar-refractivity contribution in [2.75, 3.05) is 59.5 Å². The third-order valence-corrected chi connectivity index (χ3v) is 24.0. The molecule has 0 aliphatic rings. The largest absolute Gasteiger partial charge is 0.489 e. The minimum absolute atomic E-state index is 0.286. The number of hydrogen-bond acceptors (Lipinski definition) is 9. The van der Waals surface area contributed by atoms with E-state index in [4.69, 9.17) is 42.6 Å². The highest BCUT2D eigenvalue weighted by Gasteiger charge is 2.41. The van der Waals surface area contributed by atoms with Gasteiger partial charge in [-0.05, 0) is 229 Å². The molecule has 0 radical (unpaired) electrons. The first-order chi connectivity index (χ1) is 59.7. The maximum Gasteiger partial charge on any atom is 0.416 e. The molecular formula is C105H105F9O9. The first kappa shape index (κ1) is 85.5. The summed E-state index contributed by atoms with van der Waals surface area (Å²) >= 11 is 0. The molecule has 123 heavy (non-hydrogen) atoms. The normalized spacial score (nSPS) is 12.9. The molecule has 0 N–H and O–H groups in total. The first-order valence-electron chi connectivity index (χ1n) is 44.4. The molecule has 0 aliphatic heterocycles. The average molecular weight is 1680 g/mol. The molecule has 0 unspecified atom stereocenters. The van der Waals surface area contributed by atoms with Gasteiger partial charge in [-0.2, -0.15) is 39.5 Å². The highest BCUT2D eigenvalue weighted by atomic mass is 19.4. The number of ether oxygens (including phenoxy) is 9. The quantitative estimate of drug-likeness (QED) is 0.0122. The van der Waals surface area contributed by atoms with Crippen LogP contribution in [0, 0.1) is 0 Å². The van der Waals surface area contributed by atoms with Gasteiger partial charge < -0.3 is 42.6 Å². The van der Waals surface area contributed by atoms with E-state index >= 15 is 0 Å². The van der Waals surface area contributed by atoms with Crippen molar-refractivity contribution in [2.24, 2.45) is 0 Å². The molecule has 0 aliphatic carbocycles. The van der Waals surface area contributed by atoms with E-state index in [1.54, 1.807) is 0 Å². The molecule has 0 saturated heterocycles. The number of rotatable bonds is 42. The molecule has 16 aromatic rings. The second-order valence-corrected chi connectivity index (χ2v) is 32.7. The molecule has 16 rings (SSSR count). The maximum atomic E-state index is 14.4. The molecule has 642 valence electrons. The predicted octanol–water partition coefficient (Wildman–Crippen LogP) is 32.3. The SMILES string of the molecule is CCCCOc1c(OCCCC)c2c3cc(/C=C/c4ccc(C(F)(F)F)cc4)cc4c5c(OCCCC)c(OCCCC)c(OCCCC)c6c7cc(/C=C/c8ccc(C(F)(F)F)cc8)cc8c9c(OCCCC)c(OCCCC)c(OCCCC)c%10c%11cc(/C=C/c%12ccc(C(F)(F)F)cc%12)cc%12c(c1OCCCC)c2c1c(c34)c(c56)c(c78)c(c%109)c1c%12%11. The van der Waals surface area contributed by atoms with Gasteiger partial charge in [0.1, 0.15) is 0 Å². The summed E-state index contributed by atoms with van der Waals surface area (Å²) in [5.41, 5.74) is 1.32. The van der Waals surface area contributed by atoms with Crippen LogP contribution >= 0.6 is 0 Å². The fourth-order valence-electron chi connectivity index (χ4n) is 17.9. The summed E-state index contributed by atoms with van der Waals surface area (Å²) < 4.78 is 198. The summed E-state index contributed by atoms with van der Waals surface area (Å²) in [5, 5.41) is 19.6. The molecule has 0 aromatic heterocycles. The van der Waals surface area contributed by atoms with Crippen LogP contribution in [0.4, 0.5) is 39.5 Å². The van der Waals surface area contributed by atoms with Gasteiger partial charge in [-0.3, -0.25) is 0 Å². The molecule has 18 heteroatoms. The Morgan fingerprint density at radius 2 is 0.333 bits per heavy atom. The zero-order valence-corrected chi connectivity index (χ0v) is 71.5. The Hall–Kier alpha value is -11.0. The summed E-state index contributed by atoms with van der Waals surface area (Å²) in [6.07, 6.45) is 10.9. The molecular weight excluding hydrogens is 1580 g/mol. The second-order valence-electron chi connectivity index (χ2n) is 32.7. The number of alkyl halides is 9. The summed E-state index contributed by atoms with van der Waals surface area (Å²) in [6.45, 7) is 21.7. The zero-order chi connectivity index (χ0) is 86.2. The topological polar surface area (TPSA) is 83.1 Å². The van der Waals surface area contributed by atoms with Gasteiger partial charge in [0, 0.05) is 64.6 Å². The molecule has 0 spiro atoms. The smallest absolute Gasteiger partial charge is 0.416 e. The van der Waals surface area contributed by atoms with E-state index in [1.807, 2.05) is 36.5 Å². The molecule has 0 atom stereocenters. The predicted molar refractivity (Wildman–Crippen MR) is 488 cm³/mol.